The molecule has 0 aliphatic carbocycles. The third-order valence-corrected chi connectivity index (χ3v) is 14.6. The largest absolute Gasteiger partial charge is 2.00 e. The molecule has 1 aliphatic heterocycles. The number of benzene rings is 10. The third-order valence-electron chi connectivity index (χ3n) is 12.2. The van der Waals surface area contributed by atoms with Gasteiger partial charge < -0.3 is 7.59 Å². The van der Waals surface area contributed by atoms with Gasteiger partial charge in [-0.05, 0) is 111 Å². The van der Waals surface area contributed by atoms with Crippen molar-refractivity contribution in [2.75, 3.05) is 13.2 Å². The average molecular weight is 1380 g/mol. The number of aromatic nitrogens is 9. The molecule has 15 rings (SSSR count). The zero-order valence-corrected chi connectivity index (χ0v) is 53.1. The molecule has 90 heavy (non-hydrogen) atoms. The molecule has 14 aromatic rings. The molecule has 0 radical (unpaired) electrons. The summed E-state index contributed by atoms with van der Waals surface area (Å²) in [5.41, 5.74) is 5.41. The van der Waals surface area contributed by atoms with Crippen LogP contribution in [0.3, 0.4) is 0 Å². The molecule has 10 aromatic carbocycles. The maximum absolute atomic E-state index is 8.66. The van der Waals surface area contributed by atoms with Crippen molar-refractivity contribution in [3.05, 3.63) is 292 Å². The Bertz CT molecular complexity index is 5720. The van der Waals surface area contributed by atoms with E-state index in [1.165, 1.54) is 12.8 Å². The number of rotatable bonds is 8. The minimum atomic E-state index is -0.609. The van der Waals surface area contributed by atoms with Crippen molar-refractivity contribution in [3.8, 4) is 90.3 Å². The summed E-state index contributed by atoms with van der Waals surface area (Å²) in [6.45, 7) is 2.00. The van der Waals surface area contributed by atoms with Crippen LogP contribution in [0, 0.1) is 0 Å². The molecule has 0 N–H and O–H groups in total. The fourth-order valence-electron chi connectivity index (χ4n) is 8.37. The van der Waals surface area contributed by atoms with Gasteiger partial charge in [-0.1, -0.05) is 264 Å². The van der Waals surface area contributed by atoms with Crippen LogP contribution in [0.25, 0.3) is 110 Å². The first-order chi connectivity index (χ1) is 54.0. The average Bonchev–Trinajstić information content (AvgIpc) is 1.24. The van der Waals surface area contributed by atoms with Crippen LogP contribution in [-0.4, -0.2) is 81.1 Å². The molecule has 0 saturated carbocycles. The van der Waals surface area contributed by atoms with Crippen molar-refractivity contribution in [3.63, 3.8) is 0 Å². The van der Waals surface area contributed by atoms with Crippen LogP contribution in [0.2, 0.25) is 21.1 Å². The molecule has 5 heterocycles. The van der Waals surface area contributed by atoms with Crippen molar-refractivity contribution in [2.24, 2.45) is 0 Å². The van der Waals surface area contributed by atoms with E-state index in [1.54, 1.807) is 17.4 Å². The topological polar surface area (TPSA) is 125 Å². The summed E-state index contributed by atoms with van der Waals surface area (Å²) in [7, 11) is 0. The molecular formula is C73H54BrCl4MgN9OS. The van der Waals surface area contributed by atoms with Crippen molar-refractivity contribution in [1.82, 2.24) is 44.9 Å². The van der Waals surface area contributed by atoms with E-state index in [4.69, 9.17) is 85.4 Å². The zero-order chi connectivity index (χ0) is 82.9. The van der Waals surface area contributed by atoms with Crippen LogP contribution >= 0.6 is 73.7 Å². The van der Waals surface area contributed by atoms with Gasteiger partial charge in [0.15, 0.2) is 29.1 Å². The van der Waals surface area contributed by atoms with Gasteiger partial charge in [0, 0.05) is 65.7 Å². The quantitative estimate of drug-likeness (QED) is 0.136. The van der Waals surface area contributed by atoms with Crippen molar-refractivity contribution in [2.45, 2.75) is 12.8 Å². The number of thiophene rings is 1. The Morgan fingerprint density at radius 3 is 1.10 bits per heavy atom. The maximum Gasteiger partial charge on any atom is 2.00 e. The summed E-state index contributed by atoms with van der Waals surface area (Å²) in [5, 5.41) is 1.77. The molecule has 0 spiro atoms. The minimum Gasteiger partial charge on any atom is -1.00 e. The predicted octanol–water partition coefficient (Wildman–Crippen LogP) is 21.0. The van der Waals surface area contributed by atoms with Crippen molar-refractivity contribution < 1.29 is 41.9 Å². The number of nitrogens with zero attached hydrogens (tertiary/aromatic N) is 9. The molecule has 0 unspecified atom stereocenters. The fraction of sp³-hybridized carbons (Fsp3) is 0.0548. The first-order valence-corrected chi connectivity index (χ1v) is 29.4. The molecule has 4 aromatic heterocycles. The molecule has 0 bridgehead atoms. The van der Waals surface area contributed by atoms with Crippen LogP contribution in [0.1, 0.15) is 50.0 Å². The van der Waals surface area contributed by atoms with Gasteiger partial charge >= 0.3 is 23.1 Å². The summed E-state index contributed by atoms with van der Waals surface area (Å²) in [6.07, 6.45) is 2.56. The second-order valence-corrected chi connectivity index (χ2v) is 21.1. The normalized spacial score (nSPS) is 15.2. The van der Waals surface area contributed by atoms with Gasteiger partial charge in [-0.15, -0.1) is 11.3 Å². The Morgan fingerprint density at radius 2 is 0.678 bits per heavy atom. The minimum absolute atomic E-state index is 0. The number of fused-ring (bicyclic) bond motifs is 3. The van der Waals surface area contributed by atoms with E-state index in [1.807, 2.05) is 48.5 Å². The summed E-state index contributed by atoms with van der Waals surface area (Å²) in [4.78, 5) is 35.6. The first-order valence-electron chi connectivity index (χ1n) is 38.7. The summed E-state index contributed by atoms with van der Waals surface area (Å²) < 4.78 is 206. The van der Waals surface area contributed by atoms with E-state index in [-0.39, 0.29) is 128 Å². The molecular weight excluding hydrogens is 1300 g/mol. The van der Waals surface area contributed by atoms with Crippen LogP contribution < -0.4 is 0 Å². The standard InChI is InChI=1S/C45H29N3S.C15H10ClN3.C6H5Br.C4H8O.C3Cl3N3.Mg.2H/c1-4-13-30(14-5-1)31-25-27-32(28-26-31)37-21-11-23-39-40-24-12-22-38(42(40)49-41(37)39)35-19-10-20-36(29-35)45-47-43(33-15-6-2-7-16-33)46-44(48-45)34-17-8-3-9-18-34;16-15-18-13(11-7-3-1-4-8-11)17-14(19-15)12-9-5-2-6-10-12;7-6-4-2-1-3-5-6;1-2-4-5-3-1;4-1-7-2(5)9-3(6)8-1;;;/h1-29H;1-10H;1-5H;1-4H2;;;;/q;;;;;+2;2*-1/i2D,3D,6D,7D,8D,9D,15D,16D,17D,18D;1D,2D,3D,4D,5D,6D,7D,8D,9D,10D;1D,2D,3D,4D,5D;;;;;. The molecule has 0 amide bonds. The number of halogens is 5. The van der Waals surface area contributed by atoms with E-state index in [0.29, 0.717) is 5.56 Å². The van der Waals surface area contributed by atoms with E-state index in [9.17, 15) is 0 Å². The second-order valence-electron chi connectivity index (χ2n) is 17.9. The van der Waals surface area contributed by atoms with Crippen LogP contribution in [0.4, 0.5) is 0 Å². The Morgan fingerprint density at radius 1 is 0.344 bits per heavy atom. The van der Waals surface area contributed by atoms with Gasteiger partial charge in [0.05, 0.1) is 34.3 Å². The van der Waals surface area contributed by atoms with Gasteiger partial charge in [0.25, 0.3) is 0 Å². The Labute approximate surface area is 608 Å². The van der Waals surface area contributed by atoms with E-state index >= 15 is 0 Å². The van der Waals surface area contributed by atoms with E-state index in [2.05, 4.69) is 121 Å². The maximum atomic E-state index is 8.66. The fourth-order valence-corrected chi connectivity index (χ4v) is 10.7. The van der Waals surface area contributed by atoms with Gasteiger partial charge in [0.2, 0.25) is 21.1 Å². The van der Waals surface area contributed by atoms with Gasteiger partial charge in [-0.3, -0.25) is 0 Å². The van der Waals surface area contributed by atoms with Crippen molar-refractivity contribution >= 4 is 117 Å². The molecule has 0 atom stereocenters. The molecule has 1 aliphatic rings. The summed E-state index contributed by atoms with van der Waals surface area (Å²) >= 11 is 26.5. The molecule has 1 fully saturated rings. The Hall–Kier alpha value is -8.18. The van der Waals surface area contributed by atoms with Crippen LogP contribution in [-0.2, 0) is 4.74 Å². The predicted molar refractivity (Wildman–Crippen MR) is 378 cm³/mol. The van der Waals surface area contributed by atoms with Crippen LogP contribution in [0.5, 0.6) is 0 Å². The number of hydrogen-bond donors (Lipinski definition) is 0. The van der Waals surface area contributed by atoms with Crippen LogP contribution in [0.15, 0.2) is 271 Å². The number of hydrogen-bond acceptors (Lipinski definition) is 11. The summed E-state index contributed by atoms with van der Waals surface area (Å²) in [5.74, 6) is -1.38. The third kappa shape index (κ3) is 17.4. The second kappa shape index (κ2) is 32.5. The van der Waals surface area contributed by atoms with E-state index < -0.39 is 126 Å². The molecule has 440 valence electrons. The van der Waals surface area contributed by atoms with Gasteiger partial charge in [-0.2, -0.15) is 24.9 Å². The monoisotopic (exact) mass is 1370 g/mol. The summed E-state index contributed by atoms with van der Waals surface area (Å²) in [6, 6.07) is 25.5. The molecule has 1 saturated heterocycles. The SMILES string of the molecule is C1CCOC1.Clc1nc(Cl)nc(Cl)n1.[2H]c1c([2H])c([2H])c(-c2nc(-c3cccc(-c4cccc5c4sc4c(-c6ccc(-c7ccccc7)cc6)cccc45)c3)nc(-c3c([2H])c([2H])c([2H])c([2H])c3[2H])n2)c([2H])c1[2H].[2H]c1c([2H])c([2H])c(-c2nc(Cl)nc(-c3c([2H])c([2H])c([2H])c([2H])c3[2H])n2)c([2H])c1[2H].[2H]c1c([2H])c([2H])c(Br)c([2H])c1[2H].[H-].[H-].[Mg+2]. The Balaban J connectivity index is 0.000000241. The van der Waals surface area contributed by atoms with Gasteiger partial charge in [0.1, 0.15) is 0 Å². The molecule has 17 heteroatoms. The zero-order valence-electron chi connectivity index (χ0n) is 73.2. The Kier molecular flexibility index (Phi) is 14.4. The van der Waals surface area contributed by atoms with Crippen molar-refractivity contribution in [1.29, 1.82) is 0 Å². The van der Waals surface area contributed by atoms with E-state index in [0.717, 1.165) is 66.8 Å². The molecule has 10 nitrogen and oxygen atoms in total. The first kappa shape index (κ1) is 39.8. The smallest absolute Gasteiger partial charge is 1.00 e. The van der Waals surface area contributed by atoms with Gasteiger partial charge in [-0.25, -0.2) is 19.9 Å². The number of ether oxygens (including phenoxy) is 1.